The highest BCUT2D eigenvalue weighted by atomic mass is 16.4. The van der Waals surface area contributed by atoms with Crippen LogP contribution in [0.1, 0.15) is 72.1 Å². The van der Waals surface area contributed by atoms with Crippen molar-refractivity contribution in [3.8, 4) is 0 Å². The fraction of sp³-hybridized carbons (Fsp3) is 0.500. The highest BCUT2D eigenvalue weighted by Crippen LogP contribution is 2.15. The quantitative estimate of drug-likeness (QED) is 0.522. The van der Waals surface area contributed by atoms with Gasteiger partial charge in [0.15, 0.2) is 11.6 Å². The third-order valence-electron chi connectivity index (χ3n) is 4.58. The van der Waals surface area contributed by atoms with Crippen molar-refractivity contribution in [2.24, 2.45) is 0 Å². The number of hydrogen-bond acceptors (Lipinski definition) is 3. The Hall–Kier alpha value is -2.23. The molecule has 0 unspecified atom stereocenters. The molecule has 2 aliphatic carbocycles. The molecule has 4 nitrogen and oxygen atoms in total. The van der Waals surface area contributed by atoms with Crippen molar-refractivity contribution >= 4 is 17.5 Å². The van der Waals surface area contributed by atoms with Crippen molar-refractivity contribution in [1.82, 2.24) is 0 Å². The van der Waals surface area contributed by atoms with Gasteiger partial charge in [-0.05, 0) is 64.9 Å². The standard InChI is InChI=1S/C11H14O3.C11H16O/c1-8-4-2-6-9(11(13)14)10(12)7-3-5-8;1-9-5-3-7-10(2)11(12)8-4-6-9/h5-6H,2-4,7H2,1H3,(H,13,14);6-7H,3-5,8H2,1-2H3/b8-5+,9-6+;9-6+,10-7-. The molecule has 0 amide bonds. The number of aliphatic carboxylic acids is 1. The van der Waals surface area contributed by atoms with Gasteiger partial charge in [0.05, 0.1) is 5.57 Å². The molecule has 0 aromatic rings. The fourth-order valence-electron chi connectivity index (χ4n) is 2.83. The predicted molar refractivity (Wildman–Crippen MR) is 104 cm³/mol. The lowest BCUT2D eigenvalue weighted by Gasteiger charge is -1.98. The summed E-state index contributed by atoms with van der Waals surface area (Å²) in [5, 5.41) is 8.78. The van der Waals surface area contributed by atoms with Crippen molar-refractivity contribution in [2.45, 2.75) is 72.1 Å². The first-order chi connectivity index (χ1) is 12.3. The average Bonchev–Trinajstić information content (AvgIpc) is 2.69. The Morgan fingerprint density at radius 3 is 1.73 bits per heavy atom. The number of rotatable bonds is 1. The number of carboxylic acid groups (broad SMARTS) is 1. The van der Waals surface area contributed by atoms with Crippen LogP contribution in [0.15, 0.2) is 46.6 Å². The maximum Gasteiger partial charge on any atom is 0.338 e. The SMILES string of the molecule is C/C1=C/CC/C(C)=C/CCC1=O.C/C1=C\CCC(=O)/C(C(=O)O)=C\CC1. The summed E-state index contributed by atoms with van der Waals surface area (Å²) in [6, 6.07) is 0. The third-order valence-corrected chi connectivity index (χ3v) is 4.58. The lowest BCUT2D eigenvalue weighted by molar-refractivity contribution is -0.134. The van der Waals surface area contributed by atoms with Gasteiger partial charge in [-0.2, -0.15) is 0 Å². The Morgan fingerprint density at radius 2 is 1.19 bits per heavy atom. The Kier molecular flexibility index (Phi) is 9.56. The maximum atomic E-state index is 11.4. The van der Waals surface area contributed by atoms with E-state index in [2.05, 4.69) is 19.1 Å². The zero-order valence-corrected chi connectivity index (χ0v) is 16.1. The van der Waals surface area contributed by atoms with Crippen molar-refractivity contribution in [3.63, 3.8) is 0 Å². The summed E-state index contributed by atoms with van der Waals surface area (Å²) in [6.07, 6.45) is 13.9. The van der Waals surface area contributed by atoms with E-state index in [1.165, 1.54) is 17.2 Å². The minimum Gasteiger partial charge on any atom is -0.478 e. The highest BCUT2D eigenvalue weighted by Gasteiger charge is 2.16. The highest BCUT2D eigenvalue weighted by molar-refractivity contribution is 6.16. The molecule has 0 heterocycles. The van der Waals surface area contributed by atoms with E-state index >= 15 is 0 Å². The number of Topliss-reactive ketones (excluding diaryl/α,β-unsaturated/α-hetero) is 2. The third kappa shape index (κ3) is 8.24. The number of carbonyl (C=O) groups excluding carboxylic acids is 2. The molecule has 26 heavy (non-hydrogen) atoms. The average molecular weight is 358 g/mol. The van der Waals surface area contributed by atoms with Crippen LogP contribution < -0.4 is 0 Å². The van der Waals surface area contributed by atoms with Crippen LogP contribution >= 0.6 is 0 Å². The van der Waals surface area contributed by atoms with Crippen LogP contribution in [0, 0.1) is 0 Å². The van der Waals surface area contributed by atoms with Crippen molar-refractivity contribution in [2.75, 3.05) is 0 Å². The lowest BCUT2D eigenvalue weighted by atomic mass is 10.1. The van der Waals surface area contributed by atoms with E-state index in [4.69, 9.17) is 5.11 Å². The molecular weight excluding hydrogens is 328 g/mol. The van der Waals surface area contributed by atoms with Gasteiger partial charge in [-0.25, -0.2) is 4.79 Å². The van der Waals surface area contributed by atoms with Gasteiger partial charge in [0.2, 0.25) is 0 Å². The summed E-state index contributed by atoms with van der Waals surface area (Å²) in [6.45, 7) is 6.06. The van der Waals surface area contributed by atoms with Gasteiger partial charge in [0, 0.05) is 12.8 Å². The number of carbonyl (C=O) groups is 3. The predicted octanol–water partition coefficient (Wildman–Crippen LogP) is 5.11. The first-order valence-corrected chi connectivity index (χ1v) is 9.29. The molecule has 0 fully saturated rings. The summed E-state index contributed by atoms with van der Waals surface area (Å²) < 4.78 is 0. The van der Waals surface area contributed by atoms with Crippen LogP contribution in [-0.2, 0) is 14.4 Å². The minimum atomic E-state index is -1.10. The Morgan fingerprint density at radius 1 is 0.731 bits per heavy atom. The number of hydrogen-bond donors (Lipinski definition) is 1. The number of carboxylic acids is 1. The molecule has 0 aromatic carbocycles. The summed E-state index contributed by atoms with van der Waals surface area (Å²) in [5.74, 6) is -1.06. The Bertz CT molecular complexity index is 660. The molecule has 142 valence electrons. The molecular formula is C22H30O4. The summed E-state index contributed by atoms with van der Waals surface area (Å²) in [5.41, 5.74) is 3.53. The molecule has 0 radical (unpaired) electrons. The minimum absolute atomic E-state index is 0.0481. The Balaban J connectivity index is 0.000000263. The molecule has 0 aromatic heterocycles. The molecule has 0 saturated heterocycles. The van der Waals surface area contributed by atoms with Gasteiger partial charge in [-0.3, -0.25) is 9.59 Å². The molecule has 0 atom stereocenters. The maximum absolute atomic E-state index is 11.4. The largest absolute Gasteiger partial charge is 0.478 e. The number of allylic oxidation sites excluding steroid dienone is 7. The summed E-state index contributed by atoms with van der Waals surface area (Å²) in [4.78, 5) is 33.4. The lowest BCUT2D eigenvalue weighted by Crippen LogP contribution is -2.11. The number of ketones is 2. The zero-order valence-electron chi connectivity index (χ0n) is 16.1. The summed E-state index contributed by atoms with van der Waals surface area (Å²) in [7, 11) is 0. The zero-order chi connectivity index (χ0) is 19.5. The van der Waals surface area contributed by atoms with E-state index in [9.17, 15) is 14.4 Å². The van der Waals surface area contributed by atoms with Crippen LogP contribution in [0.4, 0.5) is 0 Å². The van der Waals surface area contributed by atoms with E-state index < -0.39 is 5.97 Å². The molecule has 0 spiro atoms. The summed E-state index contributed by atoms with van der Waals surface area (Å²) >= 11 is 0. The first-order valence-electron chi connectivity index (χ1n) is 9.29. The second kappa shape index (κ2) is 11.4. The van der Waals surface area contributed by atoms with Crippen LogP contribution in [0.2, 0.25) is 0 Å². The van der Waals surface area contributed by atoms with E-state index in [1.54, 1.807) is 0 Å². The second-order valence-corrected chi connectivity index (χ2v) is 6.91. The van der Waals surface area contributed by atoms with Crippen LogP contribution in [0.25, 0.3) is 0 Å². The van der Waals surface area contributed by atoms with Crippen LogP contribution in [0.5, 0.6) is 0 Å². The van der Waals surface area contributed by atoms with Crippen LogP contribution in [-0.4, -0.2) is 22.6 Å². The van der Waals surface area contributed by atoms with E-state index in [0.29, 0.717) is 31.5 Å². The van der Waals surface area contributed by atoms with E-state index in [0.717, 1.165) is 31.3 Å². The first kappa shape index (κ1) is 21.8. The van der Waals surface area contributed by atoms with E-state index in [1.807, 2.05) is 19.9 Å². The molecule has 4 heteroatoms. The molecule has 2 aliphatic rings. The Labute approximate surface area is 156 Å². The van der Waals surface area contributed by atoms with Gasteiger partial charge >= 0.3 is 5.97 Å². The van der Waals surface area contributed by atoms with Gasteiger partial charge in [-0.15, -0.1) is 0 Å². The van der Waals surface area contributed by atoms with Crippen LogP contribution in [0.3, 0.4) is 0 Å². The van der Waals surface area contributed by atoms with Gasteiger partial charge in [-0.1, -0.05) is 35.5 Å². The molecule has 0 aliphatic heterocycles. The smallest absolute Gasteiger partial charge is 0.338 e. The molecule has 0 bridgehead atoms. The van der Waals surface area contributed by atoms with Gasteiger partial charge < -0.3 is 5.11 Å². The monoisotopic (exact) mass is 358 g/mol. The normalized spacial score (nSPS) is 27.5. The van der Waals surface area contributed by atoms with E-state index in [-0.39, 0.29) is 11.4 Å². The van der Waals surface area contributed by atoms with Gasteiger partial charge in [0.25, 0.3) is 0 Å². The molecule has 1 N–H and O–H groups in total. The second-order valence-electron chi connectivity index (χ2n) is 6.91. The molecule has 0 saturated carbocycles. The van der Waals surface area contributed by atoms with Gasteiger partial charge in [0.1, 0.15) is 0 Å². The van der Waals surface area contributed by atoms with Crippen molar-refractivity contribution < 1.29 is 19.5 Å². The molecule has 2 rings (SSSR count). The fourth-order valence-corrected chi connectivity index (χ4v) is 2.83. The topological polar surface area (TPSA) is 71.4 Å². The van der Waals surface area contributed by atoms with Crippen molar-refractivity contribution in [3.05, 3.63) is 46.6 Å². The van der Waals surface area contributed by atoms with Crippen molar-refractivity contribution in [1.29, 1.82) is 0 Å².